The van der Waals surface area contributed by atoms with Crippen molar-refractivity contribution < 1.29 is 4.74 Å². The molecule has 0 saturated carbocycles. The predicted molar refractivity (Wildman–Crippen MR) is 83.0 cm³/mol. The van der Waals surface area contributed by atoms with Crippen molar-refractivity contribution in [3.63, 3.8) is 0 Å². The fraction of sp³-hybridized carbons (Fsp3) is 0.533. The second-order valence-electron chi connectivity index (χ2n) is 5.18. The minimum absolute atomic E-state index is 0.639. The van der Waals surface area contributed by atoms with Crippen molar-refractivity contribution in [3.8, 4) is 5.75 Å². The second-order valence-corrected chi connectivity index (χ2v) is 6.47. The molecule has 104 valence electrons. The number of hydrogen-bond donors (Lipinski definition) is 1. The Morgan fingerprint density at radius 3 is 2.95 bits per heavy atom. The maximum atomic E-state index is 5.35. The van der Waals surface area contributed by atoms with Crippen molar-refractivity contribution in [2.24, 2.45) is 10.9 Å². The Bertz CT molecular complexity index is 446. The van der Waals surface area contributed by atoms with Crippen LogP contribution in [0.25, 0.3) is 0 Å². The maximum Gasteiger partial charge on any atom is 0.157 e. The zero-order chi connectivity index (χ0) is 13.7. The van der Waals surface area contributed by atoms with Gasteiger partial charge in [0.05, 0.1) is 13.7 Å². The third-order valence-corrected chi connectivity index (χ3v) is 4.25. The zero-order valence-electron chi connectivity index (χ0n) is 11.8. The van der Waals surface area contributed by atoms with E-state index in [-0.39, 0.29) is 0 Å². The molecule has 0 fully saturated rings. The van der Waals surface area contributed by atoms with Gasteiger partial charge in [-0.1, -0.05) is 43.8 Å². The number of amidine groups is 1. The number of aliphatic imine (C=N–C) groups is 1. The first kappa shape index (κ1) is 14.3. The van der Waals surface area contributed by atoms with Crippen LogP contribution in [0.5, 0.6) is 5.75 Å². The van der Waals surface area contributed by atoms with Crippen LogP contribution < -0.4 is 10.1 Å². The maximum absolute atomic E-state index is 5.35. The molecule has 1 aromatic rings. The fourth-order valence-corrected chi connectivity index (χ4v) is 3.43. The molecule has 1 heterocycles. The molecule has 4 heteroatoms. The fourth-order valence-electron chi connectivity index (χ4n) is 2.18. The van der Waals surface area contributed by atoms with E-state index < -0.39 is 0 Å². The van der Waals surface area contributed by atoms with E-state index in [0.717, 1.165) is 29.9 Å². The summed E-state index contributed by atoms with van der Waals surface area (Å²) in [5.74, 6) is 1.67. The van der Waals surface area contributed by atoms with E-state index in [0.29, 0.717) is 5.25 Å². The first-order chi connectivity index (χ1) is 9.19. The lowest BCUT2D eigenvalue weighted by Gasteiger charge is -2.12. The van der Waals surface area contributed by atoms with Gasteiger partial charge in [-0.05, 0) is 18.4 Å². The van der Waals surface area contributed by atoms with Crippen LogP contribution in [0.1, 0.15) is 25.8 Å². The average molecular weight is 278 g/mol. The average Bonchev–Trinajstić information content (AvgIpc) is 2.83. The van der Waals surface area contributed by atoms with Crippen LogP contribution in [0.2, 0.25) is 0 Å². The van der Waals surface area contributed by atoms with Gasteiger partial charge < -0.3 is 10.1 Å². The van der Waals surface area contributed by atoms with Crippen LogP contribution in [0.3, 0.4) is 0 Å². The number of nitrogens with one attached hydrogen (secondary N) is 1. The molecule has 1 unspecified atom stereocenters. The predicted octanol–water partition coefficient (Wildman–Crippen LogP) is 3.30. The highest BCUT2D eigenvalue weighted by molar-refractivity contribution is 8.14. The van der Waals surface area contributed by atoms with Crippen LogP contribution in [-0.4, -0.2) is 24.1 Å². The van der Waals surface area contributed by atoms with Gasteiger partial charge in [-0.25, -0.2) is 0 Å². The molecule has 1 aromatic carbocycles. The lowest BCUT2D eigenvalue weighted by Crippen LogP contribution is -2.19. The number of methoxy groups -OCH3 is 1. The lowest BCUT2D eigenvalue weighted by molar-refractivity contribution is 0.409. The summed E-state index contributed by atoms with van der Waals surface area (Å²) in [5, 5.41) is 5.11. The summed E-state index contributed by atoms with van der Waals surface area (Å²) in [6.07, 6.45) is 1.23. The third kappa shape index (κ3) is 4.16. The molecule has 0 amide bonds. The minimum Gasteiger partial charge on any atom is -0.496 e. The molecule has 2 rings (SSSR count). The van der Waals surface area contributed by atoms with E-state index in [2.05, 4.69) is 30.2 Å². The summed E-state index contributed by atoms with van der Waals surface area (Å²) in [6.45, 7) is 6.24. The first-order valence-corrected chi connectivity index (χ1v) is 7.64. The topological polar surface area (TPSA) is 33.6 Å². The van der Waals surface area contributed by atoms with E-state index in [1.807, 2.05) is 30.0 Å². The number of nitrogens with zero attached hydrogens (tertiary/aromatic N) is 1. The van der Waals surface area contributed by atoms with Gasteiger partial charge in [0.2, 0.25) is 0 Å². The summed E-state index contributed by atoms with van der Waals surface area (Å²) < 4.78 is 5.35. The Balaban J connectivity index is 1.83. The van der Waals surface area contributed by atoms with Crippen LogP contribution in [-0.2, 0) is 6.54 Å². The van der Waals surface area contributed by atoms with Gasteiger partial charge in [0, 0.05) is 17.4 Å². The normalized spacial score (nSPS) is 18.5. The highest BCUT2D eigenvalue weighted by atomic mass is 32.2. The standard InChI is InChI=1S/C15H22N2OS/c1-11(2)8-13-10-17-15(19-13)16-9-12-6-4-5-7-14(12)18-3/h4-7,11,13H,8-10H2,1-3H3,(H,16,17). The van der Waals surface area contributed by atoms with Crippen molar-refractivity contribution in [3.05, 3.63) is 29.8 Å². The molecule has 0 saturated heterocycles. The number of ether oxygens (including phenoxy) is 1. The van der Waals surface area contributed by atoms with Crippen LogP contribution in [0.4, 0.5) is 0 Å². The van der Waals surface area contributed by atoms with Gasteiger partial charge >= 0.3 is 0 Å². The molecule has 0 aromatic heterocycles. The van der Waals surface area contributed by atoms with Crippen molar-refractivity contribution in [2.45, 2.75) is 32.1 Å². The quantitative estimate of drug-likeness (QED) is 0.897. The van der Waals surface area contributed by atoms with Gasteiger partial charge in [-0.3, -0.25) is 4.99 Å². The van der Waals surface area contributed by atoms with Crippen molar-refractivity contribution in [2.75, 3.05) is 13.7 Å². The Morgan fingerprint density at radius 2 is 2.21 bits per heavy atom. The van der Waals surface area contributed by atoms with Gasteiger partial charge in [-0.2, -0.15) is 0 Å². The van der Waals surface area contributed by atoms with E-state index in [4.69, 9.17) is 4.74 Å². The van der Waals surface area contributed by atoms with Crippen molar-refractivity contribution in [1.82, 2.24) is 5.32 Å². The molecular weight excluding hydrogens is 256 g/mol. The monoisotopic (exact) mass is 278 g/mol. The summed E-state index contributed by atoms with van der Waals surface area (Å²) >= 11 is 1.87. The molecular formula is C15H22N2OS. The molecule has 3 nitrogen and oxygen atoms in total. The molecule has 1 atom stereocenters. The van der Waals surface area contributed by atoms with Crippen LogP contribution in [0, 0.1) is 5.92 Å². The Kier molecular flexibility index (Phi) is 5.14. The summed E-state index contributed by atoms with van der Waals surface area (Å²) in [7, 11) is 1.71. The van der Waals surface area contributed by atoms with Crippen LogP contribution in [0.15, 0.2) is 29.3 Å². The van der Waals surface area contributed by atoms with Crippen molar-refractivity contribution >= 4 is 16.9 Å². The first-order valence-electron chi connectivity index (χ1n) is 6.76. The molecule has 1 N–H and O–H groups in total. The number of hydrogen-bond acceptors (Lipinski definition) is 4. The van der Waals surface area contributed by atoms with E-state index in [9.17, 15) is 0 Å². The summed E-state index contributed by atoms with van der Waals surface area (Å²) in [4.78, 5) is 4.57. The molecule has 0 bridgehead atoms. The van der Waals surface area contributed by atoms with Gasteiger partial charge in [-0.15, -0.1) is 0 Å². The largest absolute Gasteiger partial charge is 0.496 e. The highest BCUT2D eigenvalue weighted by Crippen LogP contribution is 2.26. The van der Waals surface area contributed by atoms with Gasteiger partial charge in [0.15, 0.2) is 5.17 Å². The van der Waals surface area contributed by atoms with Gasteiger partial charge in [0.1, 0.15) is 5.75 Å². The molecule has 0 aliphatic carbocycles. The lowest BCUT2D eigenvalue weighted by atomic mass is 10.1. The smallest absolute Gasteiger partial charge is 0.157 e. The van der Waals surface area contributed by atoms with E-state index in [1.165, 1.54) is 12.0 Å². The van der Waals surface area contributed by atoms with Gasteiger partial charge in [0.25, 0.3) is 0 Å². The molecule has 0 radical (unpaired) electrons. The number of para-hydroxylation sites is 1. The molecule has 1 aliphatic rings. The molecule has 0 spiro atoms. The molecule has 19 heavy (non-hydrogen) atoms. The summed E-state index contributed by atoms with van der Waals surface area (Å²) in [5.41, 5.74) is 1.17. The second kappa shape index (κ2) is 6.85. The summed E-state index contributed by atoms with van der Waals surface area (Å²) in [6, 6.07) is 8.09. The minimum atomic E-state index is 0.639. The third-order valence-electron chi connectivity index (χ3n) is 3.07. The Labute approximate surface area is 119 Å². The number of rotatable bonds is 5. The van der Waals surface area contributed by atoms with E-state index in [1.54, 1.807) is 7.11 Å². The highest BCUT2D eigenvalue weighted by Gasteiger charge is 2.20. The number of thioether (sulfide) groups is 1. The zero-order valence-corrected chi connectivity index (χ0v) is 12.7. The van der Waals surface area contributed by atoms with Crippen molar-refractivity contribution in [1.29, 1.82) is 0 Å². The molecule has 1 aliphatic heterocycles. The Hall–Kier alpha value is -1.16. The number of benzene rings is 1. The van der Waals surface area contributed by atoms with E-state index >= 15 is 0 Å². The van der Waals surface area contributed by atoms with Crippen LogP contribution >= 0.6 is 11.8 Å². The SMILES string of the molecule is COc1ccccc1CNC1=NCC(CC(C)C)S1. The Morgan fingerprint density at radius 1 is 1.42 bits per heavy atom.